The van der Waals surface area contributed by atoms with E-state index in [0.29, 0.717) is 5.52 Å². The first-order valence-electron chi connectivity index (χ1n) is 7.29. The van der Waals surface area contributed by atoms with Crippen LogP contribution in [0, 0.1) is 6.92 Å². The van der Waals surface area contributed by atoms with Crippen LogP contribution in [0.15, 0.2) is 42.6 Å². The molecule has 0 amide bonds. The molecule has 2 N–H and O–H groups in total. The molecule has 126 valence electrons. The normalized spacial score (nSPS) is 10.6. The largest absolute Gasteiger partial charge is 0.871 e. The molecule has 0 saturated carbocycles. The van der Waals surface area contributed by atoms with E-state index in [0.717, 1.165) is 11.8 Å². The number of carboxylic acid groups (broad SMARTS) is 2. The summed E-state index contributed by atoms with van der Waals surface area (Å²) in [7, 11) is 0. The Labute approximate surface area is 142 Å². The quantitative estimate of drug-likeness (QED) is 0.738. The van der Waals surface area contributed by atoms with Crippen LogP contribution in [0.1, 0.15) is 26.3 Å². The first-order chi connectivity index (χ1) is 11.9. The van der Waals surface area contributed by atoms with Crippen LogP contribution in [-0.4, -0.2) is 22.0 Å². The highest BCUT2D eigenvalue weighted by molar-refractivity contribution is 6.07. The zero-order valence-electron chi connectivity index (χ0n) is 13.1. The Kier molecular flexibility index (Phi) is 3.98. The summed E-state index contributed by atoms with van der Waals surface area (Å²) in [5, 5.41) is 35.7. The summed E-state index contributed by atoms with van der Waals surface area (Å²) >= 11 is 0. The molecule has 3 rings (SSSR count). The predicted octanol–water partition coefficient (Wildman–Crippen LogP) is 1.42. The number of nitrogens with one attached hydrogen (secondary N) is 1. The molecule has 0 aliphatic carbocycles. The van der Waals surface area contributed by atoms with Gasteiger partial charge in [-0.2, -0.15) is 0 Å². The summed E-state index contributed by atoms with van der Waals surface area (Å²) in [4.78, 5) is 26.7. The molecular weight excluding hydrogens is 324 g/mol. The van der Waals surface area contributed by atoms with E-state index in [1.54, 1.807) is 19.1 Å². The van der Waals surface area contributed by atoms with Crippen LogP contribution in [0.5, 0.6) is 5.75 Å². The Morgan fingerprint density at radius 1 is 1.16 bits per heavy atom. The van der Waals surface area contributed by atoms with Gasteiger partial charge < -0.3 is 25.4 Å². The van der Waals surface area contributed by atoms with Crippen molar-refractivity contribution in [3.8, 4) is 5.75 Å². The number of fused-ring (bicyclic) bond motifs is 1. The second kappa shape index (κ2) is 6.12. The van der Waals surface area contributed by atoms with Crippen molar-refractivity contribution >= 4 is 34.2 Å². The third kappa shape index (κ3) is 3.07. The number of aryl methyl sites for hydroxylation is 1. The molecular formula is C18H12N2O5-2. The second-order valence-corrected chi connectivity index (χ2v) is 5.50. The standard InChI is InChI=1S/C18H14N2O5/c1-9-2-5-15(21)14(6-9)20-16-11-7-10(17(22)23)3-4-13(11)19-8-12(16)18(24)25/h2-8,21H,1H3,(H,19,20)(H,22,23)(H,24,25)/p-2. The molecule has 0 aliphatic heterocycles. The van der Waals surface area contributed by atoms with E-state index in [1.807, 2.05) is 0 Å². The highest BCUT2D eigenvalue weighted by Gasteiger charge is 2.16. The van der Waals surface area contributed by atoms with Crippen molar-refractivity contribution < 1.29 is 24.9 Å². The summed E-state index contributed by atoms with van der Waals surface area (Å²) in [5.74, 6) is -2.97. The predicted molar refractivity (Wildman–Crippen MR) is 86.9 cm³/mol. The Balaban J connectivity index is 2.27. The average molecular weight is 336 g/mol. The molecule has 0 radical (unpaired) electrons. The van der Waals surface area contributed by atoms with E-state index < -0.39 is 11.9 Å². The van der Waals surface area contributed by atoms with Gasteiger partial charge in [-0.1, -0.05) is 23.9 Å². The first kappa shape index (κ1) is 16.3. The number of aromatic nitrogens is 1. The summed E-state index contributed by atoms with van der Waals surface area (Å²) in [6, 6.07) is 8.64. The molecule has 0 fully saturated rings. The zero-order valence-corrected chi connectivity index (χ0v) is 13.1. The Hall–Kier alpha value is -3.61. The Bertz CT molecular complexity index is 1010. The molecule has 7 heteroatoms. The average Bonchev–Trinajstić information content (AvgIpc) is 2.57. The van der Waals surface area contributed by atoms with E-state index >= 15 is 0 Å². The Morgan fingerprint density at radius 2 is 1.92 bits per heavy atom. The molecule has 1 heterocycles. The van der Waals surface area contributed by atoms with Gasteiger partial charge in [0.05, 0.1) is 17.2 Å². The van der Waals surface area contributed by atoms with Crippen molar-refractivity contribution in [3.63, 3.8) is 0 Å². The van der Waals surface area contributed by atoms with Gasteiger partial charge in [0.15, 0.2) is 0 Å². The third-order valence-electron chi connectivity index (χ3n) is 3.73. The van der Waals surface area contributed by atoms with Gasteiger partial charge >= 0.3 is 5.97 Å². The van der Waals surface area contributed by atoms with Crippen molar-refractivity contribution in [2.24, 2.45) is 0 Å². The number of aromatic carboxylic acids is 2. The molecule has 0 saturated heterocycles. The first-order valence-corrected chi connectivity index (χ1v) is 7.29. The van der Waals surface area contributed by atoms with Crippen LogP contribution in [0.3, 0.4) is 0 Å². The number of benzene rings is 2. The third-order valence-corrected chi connectivity index (χ3v) is 3.73. The van der Waals surface area contributed by atoms with Crippen molar-refractivity contribution in [2.45, 2.75) is 6.92 Å². The summed E-state index contributed by atoms with van der Waals surface area (Å²) in [6.45, 7) is 1.79. The van der Waals surface area contributed by atoms with Crippen molar-refractivity contribution in [1.29, 1.82) is 0 Å². The summed E-state index contributed by atoms with van der Waals surface area (Å²) in [6.07, 6.45) is 1.16. The number of rotatable bonds is 4. The SMILES string of the molecule is Cc1ccc([O-])c(Nc2c(C(=O)O)cnc3ccc(C(=O)[O-])cc23)c1. The monoisotopic (exact) mass is 336 g/mol. The van der Waals surface area contributed by atoms with Crippen LogP contribution < -0.4 is 15.5 Å². The second-order valence-electron chi connectivity index (χ2n) is 5.50. The number of pyridine rings is 1. The maximum Gasteiger partial charge on any atom is 0.339 e. The van der Waals surface area contributed by atoms with E-state index in [4.69, 9.17) is 0 Å². The van der Waals surface area contributed by atoms with E-state index in [2.05, 4.69) is 10.3 Å². The van der Waals surface area contributed by atoms with Gasteiger partial charge in [0, 0.05) is 17.3 Å². The fourth-order valence-electron chi connectivity index (χ4n) is 2.49. The topological polar surface area (TPSA) is 125 Å². The number of carbonyl (C=O) groups is 2. The Morgan fingerprint density at radius 3 is 2.60 bits per heavy atom. The molecule has 0 aliphatic rings. The van der Waals surface area contributed by atoms with Gasteiger partial charge in [-0.25, -0.2) is 4.79 Å². The van der Waals surface area contributed by atoms with Crippen LogP contribution in [0.25, 0.3) is 10.9 Å². The molecule has 1 aromatic heterocycles. The van der Waals surface area contributed by atoms with Gasteiger partial charge in [0.2, 0.25) is 0 Å². The minimum atomic E-state index is -1.39. The highest BCUT2D eigenvalue weighted by Crippen LogP contribution is 2.33. The minimum absolute atomic E-state index is 0.100. The van der Waals surface area contributed by atoms with Gasteiger partial charge in [0.1, 0.15) is 5.56 Å². The lowest BCUT2D eigenvalue weighted by Gasteiger charge is -2.19. The lowest BCUT2D eigenvalue weighted by Crippen LogP contribution is -2.22. The van der Waals surface area contributed by atoms with Crippen molar-refractivity contribution in [3.05, 3.63) is 59.3 Å². The maximum absolute atomic E-state index is 12.0. The fraction of sp³-hybridized carbons (Fsp3) is 0.0556. The van der Waals surface area contributed by atoms with Gasteiger partial charge in [-0.3, -0.25) is 4.98 Å². The molecule has 0 bridgehead atoms. The van der Waals surface area contributed by atoms with Gasteiger partial charge in [0.25, 0.3) is 0 Å². The van der Waals surface area contributed by atoms with Gasteiger partial charge in [-0.05, 0) is 36.2 Å². The molecule has 3 aromatic rings. The number of carboxylic acids is 2. The number of hydrogen-bond acceptors (Lipinski definition) is 6. The molecule has 2 aromatic carbocycles. The lowest BCUT2D eigenvalue weighted by molar-refractivity contribution is -0.267. The maximum atomic E-state index is 12.0. The van der Waals surface area contributed by atoms with E-state index in [-0.39, 0.29) is 33.6 Å². The van der Waals surface area contributed by atoms with Gasteiger partial charge in [-0.15, -0.1) is 0 Å². The number of anilines is 2. The molecule has 0 spiro atoms. The summed E-state index contributed by atoms with van der Waals surface area (Å²) < 4.78 is 0. The number of carbonyl (C=O) groups excluding carboxylic acids is 1. The van der Waals surface area contributed by atoms with Crippen LogP contribution in [0.2, 0.25) is 0 Å². The van der Waals surface area contributed by atoms with Crippen molar-refractivity contribution in [1.82, 2.24) is 4.98 Å². The molecule has 7 nitrogen and oxygen atoms in total. The highest BCUT2D eigenvalue weighted by atomic mass is 16.4. The smallest absolute Gasteiger partial charge is 0.339 e. The lowest BCUT2D eigenvalue weighted by atomic mass is 10.1. The van der Waals surface area contributed by atoms with Crippen LogP contribution in [0.4, 0.5) is 11.4 Å². The van der Waals surface area contributed by atoms with E-state index in [9.17, 15) is 24.9 Å². The van der Waals surface area contributed by atoms with E-state index in [1.165, 1.54) is 24.3 Å². The van der Waals surface area contributed by atoms with Crippen molar-refractivity contribution in [2.75, 3.05) is 5.32 Å². The van der Waals surface area contributed by atoms with Crippen LogP contribution >= 0.6 is 0 Å². The molecule has 0 unspecified atom stereocenters. The molecule has 0 atom stereocenters. The molecule has 25 heavy (non-hydrogen) atoms. The number of nitrogens with zero attached hydrogens (tertiary/aromatic N) is 1. The summed E-state index contributed by atoms with van der Waals surface area (Å²) in [5.41, 5.74) is 1.19. The fourth-order valence-corrected chi connectivity index (χ4v) is 2.49. The minimum Gasteiger partial charge on any atom is -0.871 e. The zero-order chi connectivity index (χ0) is 18.1. The number of hydrogen-bond donors (Lipinski definition) is 2. The van der Waals surface area contributed by atoms with Crippen LogP contribution in [-0.2, 0) is 0 Å².